The second-order valence-corrected chi connectivity index (χ2v) is 6.13. The molecule has 0 aliphatic rings. The van der Waals surface area contributed by atoms with Crippen LogP contribution in [0.3, 0.4) is 0 Å². The van der Waals surface area contributed by atoms with Crippen molar-refractivity contribution in [2.75, 3.05) is 19.5 Å². The molecule has 0 atom stereocenters. The van der Waals surface area contributed by atoms with Crippen LogP contribution in [-0.4, -0.2) is 24.2 Å². The Morgan fingerprint density at radius 3 is 2.31 bits per heavy atom. The molecule has 0 fully saturated rings. The first-order chi connectivity index (χ1) is 14.2. The predicted octanol–water partition coefficient (Wildman–Crippen LogP) is 5.32. The van der Waals surface area contributed by atoms with Gasteiger partial charge in [-0.1, -0.05) is 18.2 Å². The number of benzene rings is 3. The summed E-state index contributed by atoms with van der Waals surface area (Å²) in [7, 11) is 3.12. The molecule has 1 aromatic heterocycles. The van der Waals surface area contributed by atoms with Gasteiger partial charge in [-0.05, 0) is 30.3 Å². The van der Waals surface area contributed by atoms with Gasteiger partial charge in [-0.3, -0.25) is 0 Å². The van der Waals surface area contributed by atoms with Crippen molar-refractivity contribution in [1.82, 2.24) is 9.97 Å². The van der Waals surface area contributed by atoms with Crippen LogP contribution in [0.4, 0.5) is 15.9 Å². The molecule has 7 heteroatoms. The smallest absolute Gasteiger partial charge is 0.167 e. The van der Waals surface area contributed by atoms with Crippen LogP contribution in [0.1, 0.15) is 0 Å². The third kappa shape index (κ3) is 3.89. The maximum atomic E-state index is 14.5. The normalized spacial score (nSPS) is 10.6. The second kappa shape index (κ2) is 8.02. The van der Waals surface area contributed by atoms with Crippen LogP contribution in [0, 0.1) is 5.82 Å². The minimum Gasteiger partial charge on any atom is -0.493 e. The molecule has 146 valence electrons. The van der Waals surface area contributed by atoms with E-state index in [0.29, 0.717) is 34.3 Å². The molecule has 4 rings (SSSR count). The molecule has 0 bridgehead atoms. The largest absolute Gasteiger partial charge is 0.493 e. The Hall–Kier alpha value is -3.87. The van der Waals surface area contributed by atoms with Crippen molar-refractivity contribution in [1.29, 1.82) is 0 Å². The highest BCUT2D eigenvalue weighted by molar-refractivity contribution is 5.93. The van der Waals surface area contributed by atoms with Crippen LogP contribution >= 0.6 is 0 Å². The van der Waals surface area contributed by atoms with Gasteiger partial charge in [-0.2, -0.15) is 0 Å². The summed E-state index contributed by atoms with van der Waals surface area (Å²) < 4.78 is 30.8. The van der Waals surface area contributed by atoms with Gasteiger partial charge >= 0.3 is 0 Å². The van der Waals surface area contributed by atoms with E-state index in [-0.39, 0.29) is 5.75 Å². The Morgan fingerprint density at radius 2 is 1.59 bits per heavy atom. The minimum absolute atomic E-state index is 0.140. The van der Waals surface area contributed by atoms with Crippen LogP contribution in [0.25, 0.3) is 10.9 Å². The van der Waals surface area contributed by atoms with Crippen molar-refractivity contribution in [2.45, 2.75) is 0 Å². The lowest BCUT2D eigenvalue weighted by atomic mass is 10.2. The van der Waals surface area contributed by atoms with E-state index in [2.05, 4.69) is 15.3 Å². The van der Waals surface area contributed by atoms with E-state index in [1.807, 2.05) is 18.2 Å². The quantitative estimate of drug-likeness (QED) is 0.480. The highest BCUT2D eigenvalue weighted by atomic mass is 19.1. The average Bonchev–Trinajstić information content (AvgIpc) is 2.75. The van der Waals surface area contributed by atoms with E-state index in [1.165, 1.54) is 12.4 Å². The topological polar surface area (TPSA) is 65.5 Å². The molecule has 0 aliphatic heterocycles. The molecule has 0 saturated heterocycles. The standard InChI is InChI=1S/C22H18FN3O3/c1-27-20-11-16-18(12-21(20)28-2)24-13-25-22(16)26-14-8-9-19(17(23)10-14)29-15-6-4-3-5-7-15/h3-13H,1-2H3,(H,24,25,26). The first-order valence-electron chi connectivity index (χ1n) is 8.84. The number of nitrogens with one attached hydrogen (secondary N) is 1. The highest BCUT2D eigenvalue weighted by Gasteiger charge is 2.12. The lowest BCUT2D eigenvalue weighted by Gasteiger charge is -2.13. The van der Waals surface area contributed by atoms with E-state index in [4.69, 9.17) is 14.2 Å². The predicted molar refractivity (Wildman–Crippen MR) is 109 cm³/mol. The third-order valence-corrected chi connectivity index (χ3v) is 4.31. The molecule has 0 unspecified atom stereocenters. The summed E-state index contributed by atoms with van der Waals surface area (Å²) in [6.45, 7) is 0. The van der Waals surface area contributed by atoms with Gasteiger partial charge in [0, 0.05) is 23.2 Å². The van der Waals surface area contributed by atoms with Crippen molar-refractivity contribution in [3.8, 4) is 23.0 Å². The summed E-state index contributed by atoms with van der Waals surface area (Å²) in [5.74, 6) is 1.85. The number of ether oxygens (including phenoxy) is 3. The molecule has 1 N–H and O–H groups in total. The second-order valence-electron chi connectivity index (χ2n) is 6.13. The van der Waals surface area contributed by atoms with Crippen LogP contribution in [0.15, 0.2) is 67.0 Å². The Bertz CT molecular complexity index is 1150. The molecule has 0 aliphatic carbocycles. The van der Waals surface area contributed by atoms with Crippen molar-refractivity contribution in [2.24, 2.45) is 0 Å². The number of methoxy groups -OCH3 is 2. The van der Waals surface area contributed by atoms with Gasteiger partial charge in [0.25, 0.3) is 0 Å². The number of aromatic nitrogens is 2. The van der Waals surface area contributed by atoms with Crippen molar-refractivity contribution in [3.05, 3.63) is 72.8 Å². The molecule has 0 amide bonds. The van der Waals surface area contributed by atoms with Gasteiger partial charge in [0.2, 0.25) is 0 Å². The fourth-order valence-corrected chi connectivity index (χ4v) is 2.90. The van der Waals surface area contributed by atoms with E-state index < -0.39 is 5.82 Å². The molecule has 6 nitrogen and oxygen atoms in total. The summed E-state index contributed by atoms with van der Waals surface area (Å²) >= 11 is 0. The lowest BCUT2D eigenvalue weighted by Crippen LogP contribution is -1.99. The zero-order valence-electron chi connectivity index (χ0n) is 15.8. The number of hydrogen-bond acceptors (Lipinski definition) is 6. The lowest BCUT2D eigenvalue weighted by molar-refractivity contribution is 0.356. The number of para-hydroxylation sites is 1. The molecular weight excluding hydrogens is 373 g/mol. The summed E-state index contributed by atoms with van der Waals surface area (Å²) in [6, 6.07) is 17.2. The molecule has 29 heavy (non-hydrogen) atoms. The van der Waals surface area contributed by atoms with Crippen molar-refractivity contribution in [3.63, 3.8) is 0 Å². The molecule has 3 aromatic carbocycles. The maximum absolute atomic E-state index is 14.5. The molecule has 0 spiro atoms. The summed E-state index contributed by atoms with van der Waals surface area (Å²) in [5, 5.41) is 3.84. The zero-order valence-corrected chi connectivity index (χ0v) is 15.8. The SMILES string of the molecule is COc1cc2ncnc(Nc3ccc(Oc4ccccc4)c(F)c3)c2cc1OC. The van der Waals surface area contributed by atoms with Gasteiger partial charge < -0.3 is 19.5 Å². The maximum Gasteiger partial charge on any atom is 0.167 e. The number of halogens is 1. The Balaban J connectivity index is 1.64. The third-order valence-electron chi connectivity index (χ3n) is 4.31. The highest BCUT2D eigenvalue weighted by Crippen LogP contribution is 2.35. The number of hydrogen-bond donors (Lipinski definition) is 1. The molecule has 0 radical (unpaired) electrons. The van der Waals surface area contributed by atoms with Gasteiger partial charge in [0.1, 0.15) is 17.9 Å². The van der Waals surface area contributed by atoms with Gasteiger partial charge in [-0.25, -0.2) is 14.4 Å². The summed E-state index contributed by atoms with van der Waals surface area (Å²) in [4.78, 5) is 8.55. The van der Waals surface area contributed by atoms with Crippen LogP contribution in [0.5, 0.6) is 23.0 Å². The van der Waals surface area contributed by atoms with E-state index in [9.17, 15) is 4.39 Å². The van der Waals surface area contributed by atoms with E-state index >= 15 is 0 Å². The van der Waals surface area contributed by atoms with Gasteiger partial charge in [-0.15, -0.1) is 0 Å². The first-order valence-corrected chi connectivity index (χ1v) is 8.84. The monoisotopic (exact) mass is 391 g/mol. The Labute approximate surface area is 166 Å². The Morgan fingerprint density at radius 1 is 0.828 bits per heavy atom. The van der Waals surface area contributed by atoms with Crippen LogP contribution < -0.4 is 19.5 Å². The molecular formula is C22H18FN3O3. The number of fused-ring (bicyclic) bond motifs is 1. The van der Waals surface area contributed by atoms with Gasteiger partial charge in [0.05, 0.1) is 19.7 Å². The summed E-state index contributed by atoms with van der Waals surface area (Å²) in [6.07, 6.45) is 1.43. The number of rotatable bonds is 6. The van der Waals surface area contributed by atoms with Gasteiger partial charge in [0.15, 0.2) is 23.1 Å². The fourth-order valence-electron chi connectivity index (χ4n) is 2.90. The fraction of sp³-hybridized carbons (Fsp3) is 0.0909. The van der Waals surface area contributed by atoms with E-state index in [1.54, 1.807) is 50.6 Å². The van der Waals surface area contributed by atoms with Crippen LogP contribution in [-0.2, 0) is 0 Å². The average molecular weight is 391 g/mol. The summed E-state index contributed by atoms with van der Waals surface area (Å²) in [5.41, 5.74) is 1.20. The number of nitrogens with zero attached hydrogens (tertiary/aromatic N) is 2. The Kier molecular flexibility index (Phi) is 5.11. The number of anilines is 2. The van der Waals surface area contributed by atoms with E-state index in [0.717, 1.165) is 5.39 Å². The minimum atomic E-state index is -0.489. The van der Waals surface area contributed by atoms with Crippen molar-refractivity contribution < 1.29 is 18.6 Å². The zero-order chi connectivity index (χ0) is 20.2. The molecule has 0 saturated carbocycles. The van der Waals surface area contributed by atoms with Crippen molar-refractivity contribution >= 4 is 22.4 Å². The molecule has 1 heterocycles. The molecule has 4 aromatic rings. The first kappa shape index (κ1) is 18.5. The van der Waals surface area contributed by atoms with Crippen LogP contribution in [0.2, 0.25) is 0 Å².